The third kappa shape index (κ3) is 2.94. The number of fused-ring (bicyclic) bond motifs is 6. The molecule has 1 saturated heterocycles. The van der Waals surface area contributed by atoms with Gasteiger partial charge in [0.15, 0.2) is 11.2 Å². The van der Waals surface area contributed by atoms with Crippen LogP contribution in [0.1, 0.15) is 11.1 Å². The van der Waals surface area contributed by atoms with E-state index in [2.05, 4.69) is 11.0 Å². The van der Waals surface area contributed by atoms with E-state index in [1.165, 1.54) is 0 Å². The van der Waals surface area contributed by atoms with Gasteiger partial charge in [-0.25, -0.2) is 4.79 Å². The number of hydrogen-bond donors (Lipinski definition) is 1. The SMILES string of the molecule is N#CC1=C(N)Oc2c(c(=O)oc3ccccc23)[C@@]12C(=O)N(CCN1CCOCC1)c1ccccc12. The molecule has 0 unspecified atom stereocenters. The van der Waals surface area contributed by atoms with Gasteiger partial charge in [0.1, 0.15) is 22.8 Å². The fraction of sp³-hybridized carbons (Fsp3) is 0.269. The number of para-hydroxylation sites is 2. The molecule has 6 rings (SSSR count). The molecule has 3 aliphatic rings. The predicted octanol–water partition coefficient (Wildman–Crippen LogP) is 1.84. The number of nitriles is 1. The van der Waals surface area contributed by atoms with Gasteiger partial charge < -0.3 is 24.5 Å². The van der Waals surface area contributed by atoms with Crippen LogP contribution in [0.5, 0.6) is 5.75 Å². The van der Waals surface area contributed by atoms with E-state index < -0.39 is 16.9 Å². The minimum Gasteiger partial charge on any atom is -0.439 e. The Balaban J connectivity index is 1.59. The van der Waals surface area contributed by atoms with Gasteiger partial charge in [-0.15, -0.1) is 0 Å². The Morgan fingerprint density at radius 3 is 2.57 bits per heavy atom. The van der Waals surface area contributed by atoms with Gasteiger partial charge in [-0.1, -0.05) is 30.3 Å². The second-order valence-corrected chi connectivity index (χ2v) is 8.72. The van der Waals surface area contributed by atoms with Crippen LogP contribution in [0.15, 0.2) is 69.2 Å². The first kappa shape index (κ1) is 21.4. The molecule has 3 aromatic rings. The van der Waals surface area contributed by atoms with E-state index in [0.717, 1.165) is 13.1 Å². The summed E-state index contributed by atoms with van der Waals surface area (Å²) in [5, 5.41) is 10.7. The summed E-state index contributed by atoms with van der Waals surface area (Å²) in [7, 11) is 0. The zero-order chi connectivity index (χ0) is 24.2. The monoisotopic (exact) mass is 470 g/mol. The van der Waals surface area contributed by atoms with E-state index in [1.54, 1.807) is 41.3 Å². The Bertz CT molecular complexity index is 1500. The lowest BCUT2D eigenvalue weighted by Gasteiger charge is -2.34. The Labute approximate surface area is 200 Å². The summed E-state index contributed by atoms with van der Waals surface area (Å²) in [6.45, 7) is 3.84. The van der Waals surface area contributed by atoms with Crippen LogP contribution in [0.2, 0.25) is 0 Å². The summed E-state index contributed by atoms with van der Waals surface area (Å²) in [6.07, 6.45) is 0. The number of anilines is 1. The molecule has 0 radical (unpaired) electrons. The number of ether oxygens (including phenoxy) is 2. The van der Waals surface area contributed by atoms with Crippen LogP contribution < -0.4 is 21.0 Å². The fourth-order valence-electron chi connectivity index (χ4n) is 5.39. The van der Waals surface area contributed by atoms with E-state index in [9.17, 15) is 14.9 Å². The minimum atomic E-state index is -1.75. The molecule has 1 fully saturated rings. The fourth-order valence-corrected chi connectivity index (χ4v) is 5.39. The molecule has 1 atom stereocenters. The zero-order valence-corrected chi connectivity index (χ0v) is 18.8. The molecule has 9 heteroatoms. The topological polar surface area (TPSA) is 122 Å². The lowest BCUT2D eigenvalue weighted by Crippen LogP contribution is -2.50. The predicted molar refractivity (Wildman–Crippen MR) is 127 cm³/mol. The highest BCUT2D eigenvalue weighted by atomic mass is 16.5. The molecule has 0 bridgehead atoms. The highest BCUT2D eigenvalue weighted by Crippen LogP contribution is 2.55. The first-order chi connectivity index (χ1) is 17.1. The molecular formula is C26H22N4O5. The van der Waals surface area contributed by atoms with Crippen molar-refractivity contribution in [1.29, 1.82) is 5.26 Å². The van der Waals surface area contributed by atoms with Crippen LogP contribution in [0.4, 0.5) is 5.69 Å². The van der Waals surface area contributed by atoms with Gasteiger partial charge in [0.2, 0.25) is 11.8 Å². The highest BCUT2D eigenvalue weighted by Gasteiger charge is 2.61. The summed E-state index contributed by atoms with van der Waals surface area (Å²) < 4.78 is 16.9. The van der Waals surface area contributed by atoms with Gasteiger partial charge in [0, 0.05) is 37.4 Å². The first-order valence-electron chi connectivity index (χ1n) is 11.4. The molecule has 35 heavy (non-hydrogen) atoms. The molecule has 3 aliphatic heterocycles. The van der Waals surface area contributed by atoms with Crippen LogP contribution in [0, 0.1) is 11.3 Å². The van der Waals surface area contributed by atoms with E-state index in [4.69, 9.17) is 19.6 Å². The maximum Gasteiger partial charge on any atom is 0.345 e. The zero-order valence-electron chi connectivity index (χ0n) is 18.8. The quantitative estimate of drug-likeness (QED) is 0.576. The molecule has 4 heterocycles. The minimum absolute atomic E-state index is 0.0201. The van der Waals surface area contributed by atoms with Crippen molar-refractivity contribution in [2.75, 3.05) is 44.3 Å². The van der Waals surface area contributed by atoms with Gasteiger partial charge in [0.05, 0.1) is 18.6 Å². The maximum atomic E-state index is 14.4. The van der Waals surface area contributed by atoms with E-state index >= 15 is 0 Å². The summed E-state index contributed by atoms with van der Waals surface area (Å²) >= 11 is 0. The Hall–Kier alpha value is -4.13. The Morgan fingerprint density at radius 2 is 1.77 bits per heavy atom. The molecule has 1 spiro atoms. The summed E-state index contributed by atoms with van der Waals surface area (Å²) in [5.41, 5.74) is 5.09. The maximum absolute atomic E-state index is 14.4. The average Bonchev–Trinajstić information content (AvgIpc) is 3.11. The standard InChI is InChI=1S/C26H22N4O5/c27-15-18-23(28)35-22-16-5-1-4-8-20(16)34-24(31)21(22)26(18)17-6-2-3-7-19(17)30(25(26)32)10-9-29-11-13-33-14-12-29/h1-8H,9-14,28H2/t26-/m0/s1. The molecular weight excluding hydrogens is 448 g/mol. The number of benzene rings is 2. The Kier molecular flexibility index (Phi) is 4.88. The number of carbonyl (C=O) groups is 1. The first-order valence-corrected chi connectivity index (χ1v) is 11.4. The van der Waals surface area contributed by atoms with Crippen molar-refractivity contribution in [3.8, 4) is 11.8 Å². The van der Waals surface area contributed by atoms with E-state index in [1.807, 2.05) is 12.1 Å². The van der Waals surface area contributed by atoms with Crippen molar-refractivity contribution in [3.05, 3.63) is 81.5 Å². The molecule has 2 N–H and O–H groups in total. The third-order valence-corrected chi connectivity index (χ3v) is 6.99. The van der Waals surface area contributed by atoms with Gasteiger partial charge >= 0.3 is 5.63 Å². The van der Waals surface area contributed by atoms with E-state index in [0.29, 0.717) is 48.5 Å². The number of carbonyl (C=O) groups excluding carboxylic acids is 1. The Morgan fingerprint density at radius 1 is 1.03 bits per heavy atom. The number of amides is 1. The highest BCUT2D eigenvalue weighted by molar-refractivity contribution is 6.14. The van der Waals surface area contributed by atoms with Gasteiger partial charge in [-0.05, 0) is 18.2 Å². The van der Waals surface area contributed by atoms with Crippen LogP contribution >= 0.6 is 0 Å². The summed E-state index contributed by atoms with van der Waals surface area (Å²) in [6, 6.07) is 16.2. The summed E-state index contributed by atoms with van der Waals surface area (Å²) in [5.74, 6) is -0.473. The lowest BCUT2D eigenvalue weighted by atomic mass is 9.69. The number of nitrogens with zero attached hydrogens (tertiary/aromatic N) is 3. The number of nitrogens with two attached hydrogens (primary N) is 1. The van der Waals surface area contributed by atoms with Crippen molar-refractivity contribution >= 4 is 22.6 Å². The molecule has 176 valence electrons. The second-order valence-electron chi connectivity index (χ2n) is 8.72. The van der Waals surface area contributed by atoms with Crippen LogP contribution in [0.25, 0.3) is 11.0 Å². The van der Waals surface area contributed by atoms with E-state index in [-0.39, 0.29) is 22.8 Å². The molecule has 0 aliphatic carbocycles. The molecule has 0 saturated carbocycles. The third-order valence-electron chi connectivity index (χ3n) is 6.99. The van der Waals surface area contributed by atoms with Crippen molar-refractivity contribution < 1.29 is 18.7 Å². The van der Waals surface area contributed by atoms with Gasteiger partial charge in [-0.3, -0.25) is 9.69 Å². The van der Waals surface area contributed by atoms with Crippen molar-refractivity contribution in [2.24, 2.45) is 5.73 Å². The molecule has 1 amide bonds. The second kappa shape index (κ2) is 7.98. The van der Waals surface area contributed by atoms with Crippen LogP contribution in [-0.2, 0) is 14.9 Å². The molecule has 1 aromatic heterocycles. The van der Waals surface area contributed by atoms with Crippen molar-refractivity contribution in [1.82, 2.24) is 4.90 Å². The average molecular weight is 470 g/mol. The molecule has 2 aromatic carbocycles. The normalized spacial score (nSPS) is 21.7. The molecule has 9 nitrogen and oxygen atoms in total. The van der Waals surface area contributed by atoms with Gasteiger partial charge in [0.25, 0.3) is 0 Å². The number of morpholine rings is 1. The van der Waals surface area contributed by atoms with Crippen molar-refractivity contribution in [3.63, 3.8) is 0 Å². The largest absolute Gasteiger partial charge is 0.439 e. The summed E-state index contributed by atoms with van der Waals surface area (Å²) in [4.78, 5) is 31.7. The van der Waals surface area contributed by atoms with Crippen LogP contribution in [-0.4, -0.2) is 50.2 Å². The van der Waals surface area contributed by atoms with Crippen molar-refractivity contribution in [2.45, 2.75) is 5.41 Å². The lowest BCUT2D eigenvalue weighted by molar-refractivity contribution is -0.121. The van der Waals surface area contributed by atoms with Crippen LogP contribution in [0.3, 0.4) is 0 Å². The number of hydrogen-bond acceptors (Lipinski definition) is 8. The smallest absolute Gasteiger partial charge is 0.345 e. The van der Waals surface area contributed by atoms with Gasteiger partial charge in [-0.2, -0.15) is 5.26 Å². The number of rotatable bonds is 3.